The van der Waals surface area contributed by atoms with Crippen LogP contribution in [0.5, 0.6) is 0 Å². The van der Waals surface area contributed by atoms with E-state index in [9.17, 15) is 4.79 Å². The van der Waals surface area contributed by atoms with Gasteiger partial charge in [-0.25, -0.2) is 0 Å². The lowest BCUT2D eigenvalue weighted by Crippen LogP contribution is -2.48. The van der Waals surface area contributed by atoms with Crippen molar-refractivity contribution in [3.8, 4) is 0 Å². The van der Waals surface area contributed by atoms with Gasteiger partial charge in [-0.15, -0.1) is 11.6 Å². The fourth-order valence-corrected chi connectivity index (χ4v) is 1.95. The topological polar surface area (TPSA) is 38.3 Å². The molecular weight excluding hydrogens is 214 g/mol. The Hall–Kier alpha value is -0.800. The van der Waals surface area contributed by atoms with Crippen LogP contribution in [0.4, 0.5) is 0 Å². The molecule has 1 aliphatic rings. The van der Waals surface area contributed by atoms with Crippen LogP contribution in [0.1, 0.15) is 12.8 Å². The summed E-state index contributed by atoms with van der Waals surface area (Å²) in [4.78, 5) is 11.7. The van der Waals surface area contributed by atoms with Crippen molar-refractivity contribution in [1.29, 1.82) is 0 Å². The van der Waals surface area contributed by atoms with Crippen molar-refractivity contribution in [3.05, 3.63) is 24.3 Å². The number of carbonyl (C=O) groups is 1. The number of halogens is 1. The number of nitrogens with one attached hydrogen (secondary N) is 1. The van der Waals surface area contributed by atoms with Gasteiger partial charge >= 0.3 is 5.97 Å². The molecule has 1 aliphatic heterocycles. The van der Waals surface area contributed by atoms with Crippen LogP contribution in [0.25, 0.3) is 0 Å². The molecule has 0 aliphatic carbocycles. The number of ether oxygens (including phenoxy) is 1. The molecule has 84 valence electrons. The van der Waals surface area contributed by atoms with Crippen molar-refractivity contribution in [2.75, 3.05) is 19.5 Å². The Labute approximate surface area is 95.1 Å². The molecule has 0 aromatic carbocycles. The normalized spacial score (nSPS) is 25.3. The molecule has 1 fully saturated rings. The van der Waals surface area contributed by atoms with E-state index in [2.05, 4.69) is 18.5 Å². The van der Waals surface area contributed by atoms with Gasteiger partial charge in [0.05, 0.1) is 7.11 Å². The highest BCUT2D eigenvalue weighted by atomic mass is 35.5. The minimum absolute atomic E-state index is 0.271. The lowest BCUT2D eigenvalue weighted by atomic mass is 9.89. The van der Waals surface area contributed by atoms with E-state index in [1.165, 1.54) is 7.11 Å². The first-order valence-electron chi connectivity index (χ1n) is 4.77. The van der Waals surface area contributed by atoms with Gasteiger partial charge in [0.2, 0.25) is 0 Å². The molecule has 1 rings (SSSR count). The Balaban J connectivity index is 2.82. The van der Waals surface area contributed by atoms with E-state index in [4.69, 9.17) is 16.3 Å². The van der Waals surface area contributed by atoms with Crippen molar-refractivity contribution < 1.29 is 9.53 Å². The summed E-state index contributed by atoms with van der Waals surface area (Å²) < 4.78 is 4.80. The number of rotatable bonds is 4. The van der Waals surface area contributed by atoms with Gasteiger partial charge in [-0.05, 0) is 12.8 Å². The standard InChI is InChI=1S/C11H16ClNO2/c1-8(6-12)4-11(10(14)15-3)5-9(2)7-13-11/h13H,1-2,4-7H2,3H3/t11-/m0/s1. The summed E-state index contributed by atoms with van der Waals surface area (Å²) in [5.74, 6) is 0.0832. The van der Waals surface area contributed by atoms with Gasteiger partial charge < -0.3 is 4.74 Å². The summed E-state index contributed by atoms with van der Waals surface area (Å²) in [6, 6.07) is 0. The molecule has 1 heterocycles. The first kappa shape index (κ1) is 12.3. The predicted octanol–water partition coefficient (Wildman–Crippen LogP) is 1.63. The second-order valence-electron chi connectivity index (χ2n) is 3.91. The highest BCUT2D eigenvalue weighted by molar-refractivity contribution is 6.19. The molecule has 0 saturated carbocycles. The molecule has 0 spiro atoms. The number of hydrogen-bond acceptors (Lipinski definition) is 3. The smallest absolute Gasteiger partial charge is 0.326 e. The zero-order chi connectivity index (χ0) is 11.5. The number of hydrogen-bond donors (Lipinski definition) is 1. The molecule has 0 aromatic heterocycles. The molecule has 0 unspecified atom stereocenters. The van der Waals surface area contributed by atoms with Gasteiger partial charge in [0.25, 0.3) is 0 Å². The second-order valence-corrected chi connectivity index (χ2v) is 4.18. The fraction of sp³-hybridized carbons (Fsp3) is 0.545. The van der Waals surface area contributed by atoms with Gasteiger partial charge in [0.1, 0.15) is 5.54 Å². The molecule has 0 aromatic rings. The Kier molecular flexibility index (Phi) is 3.94. The van der Waals surface area contributed by atoms with Crippen LogP contribution in [0.3, 0.4) is 0 Å². The van der Waals surface area contributed by atoms with Crippen LogP contribution in [-0.2, 0) is 9.53 Å². The van der Waals surface area contributed by atoms with E-state index < -0.39 is 5.54 Å². The van der Waals surface area contributed by atoms with Crippen LogP contribution >= 0.6 is 11.6 Å². The highest BCUT2D eigenvalue weighted by Crippen LogP contribution is 2.30. The highest BCUT2D eigenvalue weighted by Gasteiger charge is 2.43. The molecule has 1 saturated heterocycles. The van der Waals surface area contributed by atoms with Gasteiger partial charge in [-0.2, -0.15) is 0 Å². The van der Waals surface area contributed by atoms with Crippen molar-refractivity contribution in [3.63, 3.8) is 0 Å². The van der Waals surface area contributed by atoms with Crippen LogP contribution in [0, 0.1) is 0 Å². The van der Waals surface area contributed by atoms with Crippen molar-refractivity contribution in [1.82, 2.24) is 5.32 Å². The third kappa shape index (κ3) is 2.61. The van der Waals surface area contributed by atoms with Gasteiger partial charge in [-0.1, -0.05) is 24.3 Å². The lowest BCUT2D eigenvalue weighted by Gasteiger charge is -2.26. The average Bonchev–Trinajstić information content (AvgIpc) is 2.59. The Morgan fingerprint density at radius 2 is 2.40 bits per heavy atom. The van der Waals surface area contributed by atoms with E-state index in [-0.39, 0.29) is 5.97 Å². The number of alkyl halides is 1. The van der Waals surface area contributed by atoms with Gasteiger partial charge in [0, 0.05) is 12.4 Å². The summed E-state index contributed by atoms with van der Waals surface area (Å²) >= 11 is 5.67. The molecule has 0 bridgehead atoms. The van der Waals surface area contributed by atoms with Crippen molar-refractivity contribution in [2.45, 2.75) is 18.4 Å². The third-order valence-corrected chi connectivity index (χ3v) is 2.92. The molecule has 0 amide bonds. The molecule has 1 atom stereocenters. The predicted molar refractivity (Wildman–Crippen MR) is 61.0 cm³/mol. The van der Waals surface area contributed by atoms with Crippen LogP contribution in [-0.4, -0.2) is 31.0 Å². The summed E-state index contributed by atoms with van der Waals surface area (Å²) in [5.41, 5.74) is 1.13. The second kappa shape index (κ2) is 4.81. The maximum Gasteiger partial charge on any atom is 0.326 e. The molecule has 4 heteroatoms. The van der Waals surface area contributed by atoms with Gasteiger partial charge in [0.15, 0.2) is 0 Å². The molecule has 1 N–H and O–H groups in total. The summed E-state index contributed by atoms with van der Waals surface area (Å²) in [6.45, 7) is 8.32. The van der Waals surface area contributed by atoms with Gasteiger partial charge in [-0.3, -0.25) is 10.1 Å². The minimum atomic E-state index is -0.697. The van der Waals surface area contributed by atoms with E-state index in [0.29, 0.717) is 25.3 Å². The Bertz CT molecular complexity index is 301. The fourth-order valence-electron chi connectivity index (χ4n) is 1.86. The van der Waals surface area contributed by atoms with Crippen LogP contribution < -0.4 is 5.32 Å². The number of esters is 1. The van der Waals surface area contributed by atoms with Crippen LogP contribution in [0.2, 0.25) is 0 Å². The molecular formula is C11H16ClNO2. The zero-order valence-corrected chi connectivity index (χ0v) is 9.69. The third-order valence-electron chi connectivity index (χ3n) is 2.55. The molecule has 15 heavy (non-hydrogen) atoms. The molecule has 3 nitrogen and oxygen atoms in total. The van der Waals surface area contributed by atoms with E-state index in [1.54, 1.807) is 0 Å². The van der Waals surface area contributed by atoms with E-state index >= 15 is 0 Å². The molecule has 0 radical (unpaired) electrons. The SMILES string of the molecule is C=C(CCl)C[C@@]1(C(=O)OC)CC(=C)CN1. The summed E-state index contributed by atoms with van der Waals surface area (Å²) in [7, 11) is 1.39. The maximum atomic E-state index is 11.7. The largest absolute Gasteiger partial charge is 0.468 e. The zero-order valence-electron chi connectivity index (χ0n) is 8.94. The number of carbonyl (C=O) groups excluding carboxylic acids is 1. The van der Waals surface area contributed by atoms with E-state index in [0.717, 1.165) is 11.1 Å². The summed E-state index contributed by atoms with van der Waals surface area (Å²) in [6.07, 6.45) is 1.10. The maximum absolute atomic E-state index is 11.7. The Morgan fingerprint density at radius 3 is 2.80 bits per heavy atom. The van der Waals surface area contributed by atoms with Crippen molar-refractivity contribution >= 4 is 17.6 Å². The average molecular weight is 230 g/mol. The Morgan fingerprint density at radius 1 is 1.73 bits per heavy atom. The first-order valence-corrected chi connectivity index (χ1v) is 5.30. The van der Waals surface area contributed by atoms with E-state index in [1.807, 2.05) is 0 Å². The van der Waals surface area contributed by atoms with Crippen molar-refractivity contribution in [2.24, 2.45) is 0 Å². The summed E-state index contributed by atoms with van der Waals surface area (Å²) in [5, 5.41) is 3.14. The minimum Gasteiger partial charge on any atom is -0.468 e. The van der Waals surface area contributed by atoms with Crippen LogP contribution in [0.15, 0.2) is 24.3 Å². The lowest BCUT2D eigenvalue weighted by molar-refractivity contribution is -0.147. The first-order chi connectivity index (χ1) is 7.04. The quantitative estimate of drug-likeness (QED) is 0.453. The number of methoxy groups -OCH3 is 1. The monoisotopic (exact) mass is 229 g/mol.